The molecule has 18 heavy (non-hydrogen) atoms. The van der Waals surface area contributed by atoms with Crippen molar-refractivity contribution in [3.05, 3.63) is 11.6 Å². The zero-order valence-corrected chi connectivity index (χ0v) is 11.4. The highest BCUT2D eigenvalue weighted by atomic mass is 16.2. The summed E-state index contributed by atoms with van der Waals surface area (Å²) in [7, 11) is 0. The third kappa shape index (κ3) is 3.09. The van der Waals surface area contributed by atoms with Crippen LogP contribution < -0.4 is 5.32 Å². The molecule has 0 spiro atoms. The van der Waals surface area contributed by atoms with Crippen LogP contribution in [0.3, 0.4) is 0 Å². The monoisotopic (exact) mass is 250 g/mol. The van der Waals surface area contributed by atoms with Crippen molar-refractivity contribution in [2.24, 2.45) is 5.41 Å². The molecule has 0 aliphatic heterocycles. The first kappa shape index (κ1) is 13.1. The van der Waals surface area contributed by atoms with Gasteiger partial charge in [0.2, 0.25) is 5.82 Å². The maximum atomic E-state index is 12.0. The number of nitrogens with one attached hydrogen (secondary N) is 2. The Morgan fingerprint density at radius 1 is 1.56 bits per heavy atom. The molecule has 1 saturated carbocycles. The minimum atomic E-state index is -0.159. The van der Waals surface area contributed by atoms with Gasteiger partial charge < -0.3 is 5.32 Å². The SMILES string of the molecule is CCc1nc(C(=O)NC2CCCC(C)(C)C2)n[nH]1. The van der Waals surface area contributed by atoms with Crippen molar-refractivity contribution >= 4 is 5.91 Å². The average molecular weight is 250 g/mol. The normalized spacial score (nSPS) is 22.7. The van der Waals surface area contributed by atoms with Gasteiger partial charge >= 0.3 is 0 Å². The molecule has 1 aromatic rings. The summed E-state index contributed by atoms with van der Waals surface area (Å²) in [6.07, 6.45) is 5.26. The lowest BCUT2D eigenvalue weighted by Gasteiger charge is -2.35. The Balaban J connectivity index is 1.94. The van der Waals surface area contributed by atoms with Crippen molar-refractivity contribution in [3.8, 4) is 0 Å². The number of hydrogen-bond donors (Lipinski definition) is 2. The van der Waals surface area contributed by atoms with Gasteiger partial charge in [-0.15, -0.1) is 5.10 Å². The molecule has 0 bridgehead atoms. The van der Waals surface area contributed by atoms with Gasteiger partial charge in [-0.3, -0.25) is 9.89 Å². The Kier molecular flexibility index (Phi) is 3.68. The van der Waals surface area contributed by atoms with Gasteiger partial charge in [0.05, 0.1) is 0 Å². The molecule has 2 rings (SSSR count). The molecular weight excluding hydrogens is 228 g/mol. The lowest BCUT2D eigenvalue weighted by Crippen LogP contribution is -2.41. The molecule has 0 aromatic carbocycles. The molecule has 1 heterocycles. The van der Waals surface area contributed by atoms with Crippen molar-refractivity contribution in [2.45, 2.75) is 58.9 Å². The van der Waals surface area contributed by atoms with Crippen LogP contribution in [0.5, 0.6) is 0 Å². The number of carbonyl (C=O) groups is 1. The molecule has 1 unspecified atom stereocenters. The van der Waals surface area contributed by atoms with Crippen LogP contribution in [0, 0.1) is 5.41 Å². The lowest BCUT2D eigenvalue weighted by atomic mass is 9.75. The molecule has 100 valence electrons. The van der Waals surface area contributed by atoms with Crippen LogP contribution in [-0.2, 0) is 6.42 Å². The first-order valence-corrected chi connectivity index (χ1v) is 6.72. The van der Waals surface area contributed by atoms with Gasteiger partial charge in [0.1, 0.15) is 5.82 Å². The minimum Gasteiger partial charge on any atom is -0.347 e. The number of amides is 1. The zero-order valence-electron chi connectivity index (χ0n) is 11.4. The fourth-order valence-corrected chi connectivity index (χ4v) is 2.63. The Morgan fingerprint density at radius 2 is 2.33 bits per heavy atom. The van der Waals surface area contributed by atoms with Crippen LogP contribution in [-0.4, -0.2) is 27.1 Å². The fraction of sp³-hybridized carbons (Fsp3) is 0.769. The lowest BCUT2D eigenvalue weighted by molar-refractivity contribution is 0.0892. The third-order valence-corrected chi connectivity index (χ3v) is 3.61. The molecule has 5 heteroatoms. The van der Waals surface area contributed by atoms with Gasteiger partial charge in [-0.25, -0.2) is 4.98 Å². The molecule has 5 nitrogen and oxygen atoms in total. The van der Waals surface area contributed by atoms with E-state index in [1.165, 1.54) is 12.8 Å². The maximum Gasteiger partial charge on any atom is 0.291 e. The number of aromatic nitrogens is 3. The van der Waals surface area contributed by atoms with Gasteiger partial charge in [-0.1, -0.05) is 27.2 Å². The van der Waals surface area contributed by atoms with E-state index in [4.69, 9.17) is 0 Å². The van der Waals surface area contributed by atoms with Crippen molar-refractivity contribution in [2.75, 3.05) is 0 Å². The van der Waals surface area contributed by atoms with Crippen molar-refractivity contribution in [1.29, 1.82) is 0 Å². The molecule has 1 fully saturated rings. The second-order valence-corrected chi connectivity index (χ2v) is 5.89. The van der Waals surface area contributed by atoms with Gasteiger partial charge in [-0.05, 0) is 24.7 Å². The van der Waals surface area contributed by atoms with E-state index in [0.29, 0.717) is 5.41 Å². The molecule has 1 aliphatic rings. The van der Waals surface area contributed by atoms with E-state index < -0.39 is 0 Å². The number of H-pyrrole nitrogens is 1. The Hall–Kier alpha value is -1.39. The van der Waals surface area contributed by atoms with Crippen molar-refractivity contribution in [1.82, 2.24) is 20.5 Å². The summed E-state index contributed by atoms with van der Waals surface area (Å²) < 4.78 is 0. The summed E-state index contributed by atoms with van der Waals surface area (Å²) in [4.78, 5) is 16.1. The summed E-state index contributed by atoms with van der Waals surface area (Å²) >= 11 is 0. The Bertz CT molecular complexity index is 424. The summed E-state index contributed by atoms with van der Waals surface area (Å²) in [5, 5.41) is 9.75. The average Bonchev–Trinajstić information content (AvgIpc) is 2.76. The summed E-state index contributed by atoms with van der Waals surface area (Å²) in [6.45, 7) is 6.49. The number of rotatable bonds is 3. The largest absolute Gasteiger partial charge is 0.347 e. The maximum absolute atomic E-state index is 12.0. The van der Waals surface area contributed by atoms with E-state index in [-0.39, 0.29) is 17.8 Å². The second kappa shape index (κ2) is 5.08. The number of hydrogen-bond acceptors (Lipinski definition) is 3. The Morgan fingerprint density at radius 3 is 2.94 bits per heavy atom. The number of aromatic amines is 1. The number of aryl methyl sites for hydroxylation is 1. The predicted molar refractivity (Wildman–Crippen MR) is 69.3 cm³/mol. The van der Waals surface area contributed by atoms with E-state index in [2.05, 4.69) is 34.3 Å². The van der Waals surface area contributed by atoms with Crippen molar-refractivity contribution < 1.29 is 4.79 Å². The van der Waals surface area contributed by atoms with E-state index in [1.807, 2.05) is 6.92 Å². The molecular formula is C13H22N4O. The van der Waals surface area contributed by atoms with Crippen LogP contribution in [0.2, 0.25) is 0 Å². The molecule has 1 aromatic heterocycles. The Labute approximate surface area is 108 Å². The highest BCUT2D eigenvalue weighted by Crippen LogP contribution is 2.35. The van der Waals surface area contributed by atoms with Crippen LogP contribution in [0.4, 0.5) is 0 Å². The molecule has 2 N–H and O–H groups in total. The highest BCUT2D eigenvalue weighted by Gasteiger charge is 2.29. The van der Waals surface area contributed by atoms with E-state index >= 15 is 0 Å². The van der Waals surface area contributed by atoms with E-state index in [9.17, 15) is 4.79 Å². The molecule has 0 radical (unpaired) electrons. The minimum absolute atomic E-state index is 0.159. The van der Waals surface area contributed by atoms with Crippen molar-refractivity contribution in [3.63, 3.8) is 0 Å². The van der Waals surface area contributed by atoms with E-state index in [0.717, 1.165) is 25.1 Å². The van der Waals surface area contributed by atoms with Gasteiger partial charge in [-0.2, -0.15) is 0 Å². The van der Waals surface area contributed by atoms with Gasteiger partial charge in [0, 0.05) is 12.5 Å². The summed E-state index contributed by atoms with van der Waals surface area (Å²) in [5.41, 5.74) is 0.323. The predicted octanol–water partition coefficient (Wildman–Crippen LogP) is 2.07. The topological polar surface area (TPSA) is 70.7 Å². The molecule has 1 amide bonds. The van der Waals surface area contributed by atoms with Crippen LogP contribution in [0.25, 0.3) is 0 Å². The summed E-state index contributed by atoms with van der Waals surface area (Å²) in [6, 6.07) is 0.254. The first-order chi connectivity index (χ1) is 8.50. The summed E-state index contributed by atoms with van der Waals surface area (Å²) in [5.74, 6) is 0.855. The highest BCUT2D eigenvalue weighted by molar-refractivity contribution is 5.90. The quantitative estimate of drug-likeness (QED) is 0.862. The number of carbonyl (C=O) groups excluding carboxylic acids is 1. The van der Waals surface area contributed by atoms with Gasteiger partial charge in [0.25, 0.3) is 5.91 Å². The van der Waals surface area contributed by atoms with Crippen LogP contribution in [0.15, 0.2) is 0 Å². The third-order valence-electron chi connectivity index (χ3n) is 3.61. The van der Waals surface area contributed by atoms with E-state index in [1.54, 1.807) is 0 Å². The van der Waals surface area contributed by atoms with Crippen LogP contribution >= 0.6 is 0 Å². The van der Waals surface area contributed by atoms with Gasteiger partial charge in [0.15, 0.2) is 0 Å². The first-order valence-electron chi connectivity index (χ1n) is 6.72. The number of nitrogens with zero attached hydrogens (tertiary/aromatic N) is 2. The zero-order chi connectivity index (χ0) is 13.2. The standard InChI is InChI=1S/C13H22N4O/c1-4-10-15-11(17-16-10)12(18)14-9-6-5-7-13(2,3)8-9/h9H,4-8H2,1-3H3,(H,14,18)(H,15,16,17). The molecule has 1 atom stereocenters. The molecule has 1 aliphatic carbocycles. The smallest absolute Gasteiger partial charge is 0.291 e. The van der Waals surface area contributed by atoms with Crippen LogP contribution in [0.1, 0.15) is 62.9 Å². The second-order valence-electron chi connectivity index (χ2n) is 5.89. The fourth-order valence-electron chi connectivity index (χ4n) is 2.63. The molecule has 0 saturated heterocycles.